The minimum Gasteiger partial charge on any atom is -0.369 e. The van der Waals surface area contributed by atoms with E-state index in [4.69, 9.17) is 0 Å². The Balaban J connectivity index is 1.49. The Labute approximate surface area is 168 Å². The summed E-state index contributed by atoms with van der Waals surface area (Å²) >= 11 is 0. The Bertz CT molecular complexity index is 769. The van der Waals surface area contributed by atoms with Gasteiger partial charge < -0.3 is 20.4 Å². The fourth-order valence-corrected chi connectivity index (χ4v) is 3.53. The van der Waals surface area contributed by atoms with E-state index in [0.29, 0.717) is 0 Å². The fraction of sp³-hybridized carbons (Fsp3) is 0.435. The molecule has 3 rings (SSSR count). The Morgan fingerprint density at radius 1 is 1.07 bits per heavy atom. The highest BCUT2D eigenvalue weighted by atomic mass is 16.2. The number of nitrogens with one attached hydrogen (secondary N) is 2. The van der Waals surface area contributed by atoms with Crippen LogP contribution in [0.25, 0.3) is 0 Å². The van der Waals surface area contributed by atoms with Crippen LogP contribution in [0.5, 0.6) is 0 Å². The van der Waals surface area contributed by atoms with Crippen molar-refractivity contribution in [2.24, 2.45) is 0 Å². The summed E-state index contributed by atoms with van der Waals surface area (Å²) in [5, 5.41) is 6.04. The average molecular weight is 381 g/mol. The van der Waals surface area contributed by atoms with Gasteiger partial charge in [-0.25, -0.2) is 4.79 Å². The molecule has 1 unspecified atom stereocenters. The molecule has 0 aromatic heterocycles. The molecule has 0 aliphatic carbocycles. The molecule has 28 heavy (non-hydrogen) atoms. The van der Waals surface area contributed by atoms with Crippen LogP contribution in [0.2, 0.25) is 0 Å². The maximum Gasteiger partial charge on any atom is 0.319 e. The molecule has 5 heteroatoms. The molecule has 0 bridgehead atoms. The molecule has 1 heterocycles. The summed E-state index contributed by atoms with van der Waals surface area (Å²) in [5.74, 6) is 0. The third-order valence-corrected chi connectivity index (χ3v) is 5.41. The van der Waals surface area contributed by atoms with E-state index in [1.807, 2.05) is 26.0 Å². The molecule has 1 aliphatic rings. The smallest absolute Gasteiger partial charge is 0.319 e. The summed E-state index contributed by atoms with van der Waals surface area (Å²) in [7, 11) is 2.16. The molecule has 1 fully saturated rings. The number of rotatable bonds is 6. The van der Waals surface area contributed by atoms with E-state index in [1.165, 1.54) is 11.3 Å². The first-order valence-electron chi connectivity index (χ1n) is 10.2. The van der Waals surface area contributed by atoms with Crippen molar-refractivity contribution in [3.63, 3.8) is 0 Å². The van der Waals surface area contributed by atoms with Gasteiger partial charge in [-0.05, 0) is 63.1 Å². The van der Waals surface area contributed by atoms with Gasteiger partial charge >= 0.3 is 6.03 Å². The number of nitrogens with zero attached hydrogens (tertiary/aromatic N) is 2. The van der Waals surface area contributed by atoms with Crippen molar-refractivity contribution >= 4 is 17.4 Å². The Morgan fingerprint density at radius 3 is 2.46 bits per heavy atom. The zero-order valence-electron chi connectivity index (χ0n) is 17.2. The average Bonchev–Trinajstić information content (AvgIpc) is 2.69. The Hall–Kier alpha value is -2.53. The molecule has 2 amide bonds. The number of anilines is 2. The summed E-state index contributed by atoms with van der Waals surface area (Å²) in [6.45, 7) is 8.36. The summed E-state index contributed by atoms with van der Waals surface area (Å²) < 4.78 is 0. The lowest BCUT2D eigenvalue weighted by molar-refractivity contribution is 0.248. The number of likely N-dealkylation sites (N-methyl/N-ethyl adjacent to an activating group) is 1. The number of aryl methyl sites for hydroxylation is 2. The van der Waals surface area contributed by atoms with E-state index < -0.39 is 0 Å². The second-order valence-electron chi connectivity index (χ2n) is 7.81. The molecule has 1 aliphatic heterocycles. The lowest BCUT2D eigenvalue weighted by atomic mass is 10.1. The molecule has 2 aromatic rings. The number of benzene rings is 2. The molecule has 1 saturated heterocycles. The molecule has 2 aromatic carbocycles. The molecule has 0 spiro atoms. The minimum atomic E-state index is -0.143. The molecular formula is C23H32N4O. The van der Waals surface area contributed by atoms with Crippen LogP contribution in [0.15, 0.2) is 48.5 Å². The monoisotopic (exact) mass is 380 g/mol. The van der Waals surface area contributed by atoms with Crippen LogP contribution in [0.3, 0.4) is 0 Å². The molecular weight excluding hydrogens is 348 g/mol. The number of piperazine rings is 1. The highest BCUT2D eigenvalue weighted by Gasteiger charge is 2.15. The second kappa shape index (κ2) is 9.60. The van der Waals surface area contributed by atoms with Gasteiger partial charge in [0.25, 0.3) is 0 Å². The van der Waals surface area contributed by atoms with Gasteiger partial charge in [-0.1, -0.05) is 30.3 Å². The minimum absolute atomic E-state index is 0.116. The highest BCUT2D eigenvalue weighted by molar-refractivity contribution is 5.90. The summed E-state index contributed by atoms with van der Waals surface area (Å²) in [6.07, 6.45) is 1.87. The van der Waals surface area contributed by atoms with Gasteiger partial charge in [-0.15, -0.1) is 0 Å². The van der Waals surface area contributed by atoms with Crippen LogP contribution in [-0.4, -0.2) is 50.2 Å². The number of hydrogen-bond acceptors (Lipinski definition) is 3. The van der Waals surface area contributed by atoms with Crippen LogP contribution < -0.4 is 15.5 Å². The number of amides is 2. The summed E-state index contributed by atoms with van der Waals surface area (Å²) in [5.41, 5.74) is 4.48. The first-order chi connectivity index (χ1) is 13.5. The zero-order chi connectivity index (χ0) is 19.9. The third-order valence-electron chi connectivity index (χ3n) is 5.41. The normalized spacial score (nSPS) is 15.9. The van der Waals surface area contributed by atoms with E-state index in [0.717, 1.165) is 50.3 Å². The van der Waals surface area contributed by atoms with E-state index >= 15 is 0 Å². The maximum atomic E-state index is 12.4. The fourth-order valence-electron chi connectivity index (χ4n) is 3.53. The van der Waals surface area contributed by atoms with Crippen molar-refractivity contribution in [1.29, 1.82) is 0 Å². The number of hydrogen-bond donors (Lipinski definition) is 2. The first kappa shape index (κ1) is 20.2. The van der Waals surface area contributed by atoms with Crippen molar-refractivity contribution < 1.29 is 4.79 Å². The second-order valence-corrected chi connectivity index (χ2v) is 7.81. The molecule has 0 radical (unpaired) electrons. The van der Waals surface area contributed by atoms with Gasteiger partial charge in [-0.3, -0.25) is 0 Å². The van der Waals surface area contributed by atoms with Gasteiger partial charge in [0.1, 0.15) is 0 Å². The quantitative estimate of drug-likeness (QED) is 0.799. The topological polar surface area (TPSA) is 47.6 Å². The van der Waals surface area contributed by atoms with Crippen LogP contribution >= 0.6 is 0 Å². The van der Waals surface area contributed by atoms with Crippen LogP contribution in [0, 0.1) is 6.92 Å². The molecule has 150 valence electrons. The van der Waals surface area contributed by atoms with E-state index in [-0.39, 0.29) is 12.1 Å². The van der Waals surface area contributed by atoms with Crippen molar-refractivity contribution in [2.75, 3.05) is 43.4 Å². The predicted molar refractivity (Wildman–Crippen MR) is 117 cm³/mol. The van der Waals surface area contributed by atoms with Crippen molar-refractivity contribution in [1.82, 2.24) is 10.2 Å². The SMILES string of the molecule is Cc1cc(N2CCN(C)CC2)ccc1NC(=O)NC(C)CCc1ccccc1. The molecule has 0 saturated carbocycles. The van der Waals surface area contributed by atoms with Crippen molar-refractivity contribution in [2.45, 2.75) is 32.7 Å². The van der Waals surface area contributed by atoms with E-state index in [9.17, 15) is 4.79 Å². The van der Waals surface area contributed by atoms with Gasteiger partial charge in [0.05, 0.1) is 0 Å². The van der Waals surface area contributed by atoms with Crippen LogP contribution in [0.1, 0.15) is 24.5 Å². The van der Waals surface area contributed by atoms with Gasteiger partial charge in [0.15, 0.2) is 0 Å². The first-order valence-corrected chi connectivity index (χ1v) is 10.2. The zero-order valence-corrected chi connectivity index (χ0v) is 17.2. The van der Waals surface area contributed by atoms with Gasteiger partial charge in [0.2, 0.25) is 0 Å². The maximum absolute atomic E-state index is 12.4. The lowest BCUT2D eigenvalue weighted by Crippen LogP contribution is -2.44. The highest BCUT2D eigenvalue weighted by Crippen LogP contribution is 2.23. The summed E-state index contributed by atoms with van der Waals surface area (Å²) in [4.78, 5) is 17.1. The predicted octanol–water partition coefficient (Wildman–Crippen LogP) is 3.89. The molecule has 1 atom stereocenters. The number of carbonyl (C=O) groups is 1. The summed E-state index contributed by atoms with van der Waals surface area (Å²) in [6, 6.07) is 16.6. The van der Waals surface area contributed by atoms with Crippen molar-refractivity contribution in [3.05, 3.63) is 59.7 Å². The third kappa shape index (κ3) is 5.73. The standard InChI is InChI=1S/C23H32N4O/c1-18-17-21(27-15-13-26(3)14-16-27)11-12-22(18)25-23(28)24-19(2)9-10-20-7-5-4-6-8-20/h4-8,11-12,17,19H,9-10,13-16H2,1-3H3,(H2,24,25,28). The lowest BCUT2D eigenvalue weighted by Gasteiger charge is -2.34. The number of carbonyl (C=O) groups excluding carboxylic acids is 1. The molecule has 2 N–H and O–H groups in total. The van der Waals surface area contributed by atoms with E-state index in [2.05, 4.69) is 63.9 Å². The van der Waals surface area contributed by atoms with Crippen LogP contribution in [0.4, 0.5) is 16.2 Å². The number of urea groups is 1. The van der Waals surface area contributed by atoms with Crippen LogP contribution in [-0.2, 0) is 6.42 Å². The van der Waals surface area contributed by atoms with Crippen molar-refractivity contribution in [3.8, 4) is 0 Å². The largest absolute Gasteiger partial charge is 0.369 e. The van der Waals surface area contributed by atoms with E-state index in [1.54, 1.807) is 0 Å². The Kier molecular flexibility index (Phi) is 6.93. The Morgan fingerprint density at radius 2 is 1.79 bits per heavy atom. The van der Waals surface area contributed by atoms with Gasteiger partial charge in [0, 0.05) is 43.6 Å². The van der Waals surface area contributed by atoms with Gasteiger partial charge in [-0.2, -0.15) is 0 Å². The molecule has 5 nitrogen and oxygen atoms in total.